The highest BCUT2D eigenvalue weighted by atomic mass is 16.5. The predicted molar refractivity (Wildman–Crippen MR) is 87.7 cm³/mol. The van der Waals surface area contributed by atoms with Gasteiger partial charge < -0.3 is 9.47 Å². The van der Waals surface area contributed by atoms with E-state index in [2.05, 4.69) is 0 Å². The largest absolute Gasteiger partial charge is 0.497 e. The number of anilines is 1. The van der Waals surface area contributed by atoms with Crippen LogP contribution in [-0.2, 0) is 9.53 Å². The van der Waals surface area contributed by atoms with Crippen molar-refractivity contribution >= 4 is 17.6 Å². The van der Waals surface area contributed by atoms with E-state index < -0.39 is 12.0 Å². The van der Waals surface area contributed by atoms with Gasteiger partial charge in [0.15, 0.2) is 0 Å². The van der Waals surface area contributed by atoms with E-state index in [1.165, 1.54) is 12.0 Å². The minimum Gasteiger partial charge on any atom is -0.497 e. The predicted octanol–water partition coefficient (Wildman–Crippen LogP) is 2.90. The minimum absolute atomic E-state index is 0.270. The lowest BCUT2D eigenvalue weighted by Gasteiger charge is -2.27. The summed E-state index contributed by atoms with van der Waals surface area (Å²) < 4.78 is 9.92. The maximum atomic E-state index is 12.8. The fourth-order valence-corrected chi connectivity index (χ4v) is 2.26. The molecule has 0 aliphatic heterocycles. The van der Waals surface area contributed by atoms with Gasteiger partial charge in [0.2, 0.25) is 0 Å². The van der Waals surface area contributed by atoms with Gasteiger partial charge in [-0.3, -0.25) is 9.69 Å². The number of carbonyl (C=O) groups is 2. The van der Waals surface area contributed by atoms with Crippen molar-refractivity contribution in [1.29, 1.82) is 0 Å². The molecule has 1 amide bonds. The van der Waals surface area contributed by atoms with Crippen LogP contribution in [0.4, 0.5) is 5.69 Å². The van der Waals surface area contributed by atoms with Crippen LogP contribution in [0.15, 0.2) is 54.6 Å². The Morgan fingerprint density at radius 2 is 1.57 bits per heavy atom. The van der Waals surface area contributed by atoms with E-state index in [4.69, 9.17) is 9.47 Å². The highest BCUT2D eigenvalue weighted by Gasteiger charge is 2.28. The second-order valence-electron chi connectivity index (χ2n) is 4.94. The second kappa shape index (κ2) is 7.45. The number of carbonyl (C=O) groups excluding carboxylic acids is 2. The fourth-order valence-electron chi connectivity index (χ4n) is 2.26. The molecular weight excluding hydrogens is 294 g/mol. The molecule has 120 valence electrons. The second-order valence-corrected chi connectivity index (χ2v) is 4.94. The molecule has 0 saturated carbocycles. The summed E-state index contributed by atoms with van der Waals surface area (Å²) in [5.41, 5.74) is 1.09. The van der Waals surface area contributed by atoms with Crippen LogP contribution in [-0.4, -0.2) is 32.1 Å². The number of methoxy groups -OCH3 is 2. The monoisotopic (exact) mass is 313 g/mol. The molecule has 2 aromatic rings. The summed E-state index contributed by atoms with van der Waals surface area (Å²) in [5, 5.41) is 0. The molecule has 0 aromatic heterocycles. The van der Waals surface area contributed by atoms with Gasteiger partial charge in [0.05, 0.1) is 14.2 Å². The molecule has 0 spiro atoms. The lowest BCUT2D eigenvalue weighted by Crippen LogP contribution is -2.44. The van der Waals surface area contributed by atoms with E-state index >= 15 is 0 Å². The Morgan fingerprint density at radius 3 is 2.09 bits per heavy atom. The lowest BCUT2D eigenvalue weighted by atomic mass is 10.1. The van der Waals surface area contributed by atoms with Gasteiger partial charge in [0.25, 0.3) is 5.91 Å². The molecule has 2 aromatic carbocycles. The van der Waals surface area contributed by atoms with Gasteiger partial charge in [-0.2, -0.15) is 0 Å². The van der Waals surface area contributed by atoms with Crippen molar-refractivity contribution in [1.82, 2.24) is 0 Å². The molecule has 0 N–H and O–H groups in total. The zero-order valence-corrected chi connectivity index (χ0v) is 13.4. The van der Waals surface area contributed by atoms with E-state index in [0.29, 0.717) is 17.0 Å². The van der Waals surface area contributed by atoms with Crippen LogP contribution in [0.3, 0.4) is 0 Å². The molecule has 5 nitrogen and oxygen atoms in total. The quantitative estimate of drug-likeness (QED) is 0.797. The number of ether oxygens (including phenoxy) is 2. The summed E-state index contributed by atoms with van der Waals surface area (Å²) >= 11 is 0. The van der Waals surface area contributed by atoms with Gasteiger partial charge >= 0.3 is 5.97 Å². The maximum Gasteiger partial charge on any atom is 0.328 e. The SMILES string of the molecule is COC(=O)[C@H](C)N(C(=O)c1ccccc1)c1ccc(OC)cc1. The van der Waals surface area contributed by atoms with Crippen LogP contribution in [0.25, 0.3) is 0 Å². The van der Waals surface area contributed by atoms with E-state index in [0.717, 1.165) is 0 Å². The third kappa shape index (κ3) is 3.69. The topological polar surface area (TPSA) is 55.8 Å². The van der Waals surface area contributed by atoms with Gasteiger partial charge in [0.1, 0.15) is 11.8 Å². The Balaban J connectivity index is 2.42. The van der Waals surface area contributed by atoms with Gasteiger partial charge in [-0.1, -0.05) is 18.2 Å². The molecule has 0 unspecified atom stereocenters. The Morgan fingerprint density at radius 1 is 0.957 bits per heavy atom. The highest BCUT2D eigenvalue weighted by molar-refractivity contribution is 6.09. The maximum absolute atomic E-state index is 12.8. The number of rotatable bonds is 5. The standard InChI is InChI=1S/C18H19NO4/c1-13(18(21)23-3)19(15-9-11-16(22-2)12-10-15)17(20)14-7-5-4-6-8-14/h4-13H,1-3H3/t13-/m0/s1. The summed E-state index contributed by atoms with van der Waals surface area (Å²) in [6, 6.07) is 15.0. The van der Waals surface area contributed by atoms with E-state index in [-0.39, 0.29) is 5.91 Å². The van der Waals surface area contributed by atoms with Crippen LogP contribution >= 0.6 is 0 Å². The zero-order chi connectivity index (χ0) is 16.8. The van der Waals surface area contributed by atoms with Crippen LogP contribution in [0.5, 0.6) is 5.75 Å². The first-order chi connectivity index (χ1) is 11.1. The number of benzene rings is 2. The summed E-state index contributed by atoms with van der Waals surface area (Å²) in [6.07, 6.45) is 0. The first kappa shape index (κ1) is 16.5. The van der Waals surface area contributed by atoms with E-state index in [1.807, 2.05) is 6.07 Å². The Kier molecular flexibility index (Phi) is 5.36. The van der Waals surface area contributed by atoms with Crippen molar-refractivity contribution in [2.24, 2.45) is 0 Å². The van der Waals surface area contributed by atoms with Crippen LogP contribution < -0.4 is 9.64 Å². The van der Waals surface area contributed by atoms with Crippen molar-refractivity contribution in [2.75, 3.05) is 19.1 Å². The normalized spacial score (nSPS) is 11.4. The van der Waals surface area contributed by atoms with Crippen molar-refractivity contribution in [3.63, 3.8) is 0 Å². The highest BCUT2D eigenvalue weighted by Crippen LogP contribution is 2.23. The molecule has 0 heterocycles. The summed E-state index contributed by atoms with van der Waals surface area (Å²) in [7, 11) is 2.87. The third-order valence-electron chi connectivity index (χ3n) is 3.52. The zero-order valence-electron chi connectivity index (χ0n) is 13.4. The molecule has 0 radical (unpaired) electrons. The fraction of sp³-hybridized carbons (Fsp3) is 0.222. The van der Waals surface area contributed by atoms with Crippen LogP contribution in [0.1, 0.15) is 17.3 Å². The van der Waals surface area contributed by atoms with Gasteiger partial charge in [-0.15, -0.1) is 0 Å². The smallest absolute Gasteiger partial charge is 0.328 e. The van der Waals surface area contributed by atoms with Crippen molar-refractivity contribution in [2.45, 2.75) is 13.0 Å². The van der Waals surface area contributed by atoms with Crippen molar-refractivity contribution in [3.8, 4) is 5.75 Å². The molecule has 1 atom stereocenters. The number of amides is 1. The molecular formula is C18H19NO4. The minimum atomic E-state index is -0.749. The van der Waals surface area contributed by atoms with Crippen molar-refractivity contribution in [3.05, 3.63) is 60.2 Å². The molecule has 2 rings (SSSR count). The molecule has 0 bridgehead atoms. The Labute approximate surface area is 135 Å². The average Bonchev–Trinajstić information content (AvgIpc) is 2.62. The van der Waals surface area contributed by atoms with Gasteiger partial charge in [-0.25, -0.2) is 4.79 Å². The molecule has 0 saturated heterocycles. The Bertz CT molecular complexity index is 667. The molecule has 23 heavy (non-hydrogen) atoms. The summed E-state index contributed by atoms with van der Waals surface area (Å²) in [4.78, 5) is 26.2. The van der Waals surface area contributed by atoms with E-state index in [1.54, 1.807) is 62.6 Å². The summed E-state index contributed by atoms with van der Waals surface area (Å²) in [5.74, 6) is -0.0784. The van der Waals surface area contributed by atoms with Crippen molar-refractivity contribution < 1.29 is 19.1 Å². The molecule has 0 fully saturated rings. The number of esters is 1. The Hall–Kier alpha value is -2.82. The number of nitrogens with zero attached hydrogens (tertiary/aromatic N) is 1. The molecule has 5 heteroatoms. The average molecular weight is 313 g/mol. The first-order valence-corrected chi connectivity index (χ1v) is 7.19. The molecule has 0 aliphatic carbocycles. The summed E-state index contributed by atoms with van der Waals surface area (Å²) in [6.45, 7) is 1.64. The number of hydrogen-bond donors (Lipinski definition) is 0. The number of hydrogen-bond acceptors (Lipinski definition) is 4. The third-order valence-corrected chi connectivity index (χ3v) is 3.52. The lowest BCUT2D eigenvalue weighted by molar-refractivity contribution is -0.141. The van der Waals surface area contributed by atoms with Gasteiger partial charge in [0, 0.05) is 11.3 Å². The van der Waals surface area contributed by atoms with Crippen LogP contribution in [0.2, 0.25) is 0 Å². The van der Waals surface area contributed by atoms with Gasteiger partial charge in [-0.05, 0) is 43.3 Å². The molecule has 0 aliphatic rings. The van der Waals surface area contributed by atoms with Crippen LogP contribution in [0, 0.1) is 0 Å². The van der Waals surface area contributed by atoms with E-state index in [9.17, 15) is 9.59 Å². The first-order valence-electron chi connectivity index (χ1n) is 7.19.